The van der Waals surface area contributed by atoms with Crippen molar-refractivity contribution in [2.24, 2.45) is 0 Å². The molecular formula is C14H13Br2NOS. The second-order valence-corrected chi connectivity index (χ2v) is 6.94. The summed E-state index contributed by atoms with van der Waals surface area (Å²) in [6.07, 6.45) is 3.76. The van der Waals surface area contributed by atoms with Crippen molar-refractivity contribution in [2.45, 2.75) is 17.4 Å². The van der Waals surface area contributed by atoms with Gasteiger partial charge in [-0.25, -0.2) is 0 Å². The highest BCUT2D eigenvalue weighted by Crippen LogP contribution is 2.27. The molecule has 0 aliphatic carbocycles. The average Bonchev–Trinajstić information content (AvgIpc) is 2.38. The van der Waals surface area contributed by atoms with E-state index in [1.807, 2.05) is 30.3 Å². The number of aliphatic hydroxyl groups is 1. The molecule has 2 rings (SSSR count). The van der Waals surface area contributed by atoms with Crippen molar-refractivity contribution < 1.29 is 5.11 Å². The number of halogens is 2. The summed E-state index contributed by atoms with van der Waals surface area (Å²) in [6.45, 7) is 0. The van der Waals surface area contributed by atoms with E-state index in [4.69, 9.17) is 0 Å². The molecule has 0 radical (unpaired) electrons. The zero-order valence-corrected chi connectivity index (χ0v) is 14.1. The highest BCUT2D eigenvalue weighted by atomic mass is 79.9. The van der Waals surface area contributed by atoms with Crippen molar-refractivity contribution in [1.29, 1.82) is 0 Å². The summed E-state index contributed by atoms with van der Waals surface area (Å²) in [5.74, 6) is 0.662. The Labute approximate surface area is 133 Å². The second-order valence-electron chi connectivity index (χ2n) is 4.11. The minimum absolute atomic E-state index is 0.381. The van der Waals surface area contributed by atoms with Crippen LogP contribution in [0, 0.1) is 0 Å². The molecule has 0 saturated heterocycles. The van der Waals surface area contributed by atoms with Crippen LogP contribution in [-0.2, 0) is 6.42 Å². The van der Waals surface area contributed by atoms with Gasteiger partial charge in [-0.1, -0.05) is 12.1 Å². The minimum Gasteiger partial charge on any atom is -0.392 e. The largest absolute Gasteiger partial charge is 0.392 e. The molecule has 0 fully saturated rings. The third-order valence-corrected chi connectivity index (χ3v) is 5.11. The zero-order valence-electron chi connectivity index (χ0n) is 10.1. The van der Waals surface area contributed by atoms with Gasteiger partial charge in [-0.3, -0.25) is 4.98 Å². The molecule has 0 aliphatic rings. The number of benzene rings is 1. The number of aliphatic hydroxyl groups excluding tert-OH is 1. The average molecular weight is 403 g/mol. The Kier molecular flexibility index (Phi) is 5.88. The molecule has 1 aromatic carbocycles. The minimum atomic E-state index is -0.381. The van der Waals surface area contributed by atoms with Crippen LogP contribution in [0.2, 0.25) is 0 Å². The first-order valence-corrected chi connectivity index (χ1v) is 8.37. The van der Waals surface area contributed by atoms with E-state index in [1.54, 1.807) is 24.2 Å². The molecule has 0 spiro atoms. The van der Waals surface area contributed by atoms with E-state index in [2.05, 4.69) is 36.8 Å². The monoisotopic (exact) mass is 401 g/mol. The van der Waals surface area contributed by atoms with Crippen LogP contribution in [-0.4, -0.2) is 21.9 Å². The van der Waals surface area contributed by atoms with Crippen LogP contribution in [0.3, 0.4) is 0 Å². The number of aromatic nitrogens is 1. The lowest BCUT2D eigenvalue weighted by Gasteiger charge is -2.11. The highest BCUT2D eigenvalue weighted by molar-refractivity contribution is 9.10. The van der Waals surface area contributed by atoms with Crippen molar-refractivity contribution in [1.82, 2.24) is 4.98 Å². The summed E-state index contributed by atoms with van der Waals surface area (Å²) >= 11 is 8.54. The number of hydrogen-bond donors (Lipinski definition) is 1. The Morgan fingerprint density at radius 3 is 2.74 bits per heavy atom. The third kappa shape index (κ3) is 4.91. The first-order chi connectivity index (χ1) is 9.15. The maximum Gasteiger partial charge on any atom is 0.0674 e. The molecule has 2 aromatic rings. The van der Waals surface area contributed by atoms with E-state index in [1.165, 1.54) is 0 Å². The molecular weight excluding hydrogens is 390 g/mol. The van der Waals surface area contributed by atoms with Crippen LogP contribution >= 0.6 is 43.6 Å². The molecule has 0 aliphatic heterocycles. The van der Waals surface area contributed by atoms with E-state index in [0.29, 0.717) is 12.2 Å². The van der Waals surface area contributed by atoms with Crippen molar-refractivity contribution in [2.75, 3.05) is 5.75 Å². The maximum atomic E-state index is 10.1. The summed E-state index contributed by atoms with van der Waals surface area (Å²) in [5, 5.41) is 10.1. The molecule has 2 nitrogen and oxygen atoms in total. The lowest BCUT2D eigenvalue weighted by molar-refractivity contribution is 0.200. The Morgan fingerprint density at radius 1 is 1.21 bits per heavy atom. The van der Waals surface area contributed by atoms with Gasteiger partial charge in [0.25, 0.3) is 0 Å². The third-order valence-electron chi connectivity index (χ3n) is 2.50. The van der Waals surface area contributed by atoms with E-state index >= 15 is 0 Å². The van der Waals surface area contributed by atoms with Crippen molar-refractivity contribution >= 4 is 43.6 Å². The summed E-state index contributed by atoms with van der Waals surface area (Å²) < 4.78 is 2.01. The molecule has 1 heterocycles. The first-order valence-electron chi connectivity index (χ1n) is 5.80. The van der Waals surface area contributed by atoms with E-state index < -0.39 is 0 Å². The van der Waals surface area contributed by atoms with Crippen LogP contribution in [0.15, 0.2) is 56.6 Å². The van der Waals surface area contributed by atoms with E-state index in [9.17, 15) is 5.11 Å². The topological polar surface area (TPSA) is 33.1 Å². The predicted molar refractivity (Wildman–Crippen MR) is 86.5 cm³/mol. The standard InChI is InChI=1S/C14H13Br2NOS/c15-11-5-10(7-17-8-11)6-12(18)9-19-14-4-2-1-3-13(14)16/h1-5,7-8,12,18H,6,9H2. The normalized spacial score (nSPS) is 12.4. The lowest BCUT2D eigenvalue weighted by atomic mass is 10.1. The van der Waals surface area contributed by atoms with Gasteiger partial charge in [0.2, 0.25) is 0 Å². The molecule has 100 valence electrons. The van der Waals surface area contributed by atoms with Crippen molar-refractivity contribution in [3.8, 4) is 0 Å². The lowest BCUT2D eigenvalue weighted by Crippen LogP contribution is -2.13. The maximum absolute atomic E-state index is 10.1. The molecule has 0 saturated carbocycles. The summed E-state index contributed by atoms with van der Waals surface area (Å²) in [5.41, 5.74) is 1.04. The van der Waals surface area contributed by atoms with E-state index in [-0.39, 0.29) is 6.10 Å². The fourth-order valence-corrected chi connectivity index (χ4v) is 3.56. The molecule has 1 atom stereocenters. The van der Waals surface area contributed by atoms with Gasteiger partial charge in [0.15, 0.2) is 0 Å². The summed E-state index contributed by atoms with van der Waals surface area (Å²) in [7, 11) is 0. The van der Waals surface area contributed by atoms with Crippen molar-refractivity contribution in [3.05, 3.63) is 57.2 Å². The number of hydrogen-bond acceptors (Lipinski definition) is 3. The van der Waals surface area contributed by atoms with Gasteiger partial charge >= 0.3 is 0 Å². The smallest absolute Gasteiger partial charge is 0.0674 e. The number of nitrogens with zero attached hydrogens (tertiary/aromatic N) is 1. The van der Waals surface area contributed by atoms with Crippen LogP contribution in [0.25, 0.3) is 0 Å². The summed E-state index contributed by atoms with van der Waals surface area (Å²) in [4.78, 5) is 5.24. The molecule has 1 N–H and O–H groups in total. The fraction of sp³-hybridized carbons (Fsp3) is 0.214. The predicted octanol–water partition coefficient (Wildman–Crippen LogP) is 4.30. The highest BCUT2D eigenvalue weighted by Gasteiger charge is 2.08. The van der Waals surface area contributed by atoms with Crippen LogP contribution in [0.4, 0.5) is 0 Å². The van der Waals surface area contributed by atoms with Gasteiger partial charge in [-0.05, 0) is 55.6 Å². The Bertz CT molecular complexity index is 550. The second kappa shape index (κ2) is 7.43. The van der Waals surface area contributed by atoms with Crippen LogP contribution in [0.5, 0.6) is 0 Å². The van der Waals surface area contributed by atoms with Gasteiger partial charge < -0.3 is 5.11 Å². The fourth-order valence-electron chi connectivity index (χ4n) is 1.65. The molecule has 19 heavy (non-hydrogen) atoms. The summed E-state index contributed by atoms with van der Waals surface area (Å²) in [6, 6.07) is 10.0. The first kappa shape index (κ1) is 15.0. The zero-order chi connectivity index (χ0) is 13.7. The molecule has 1 aromatic heterocycles. The van der Waals surface area contributed by atoms with Gasteiger partial charge in [-0.2, -0.15) is 0 Å². The molecule has 5 heteroatoms. The van der Waals surface area contributed by atoms with Crippen LogP contribution in [0.1, 0.15) is 5.56 Å². The number of pyridine rings is 1. The van der Waals surface area contributed by atoms with Gasteiger partial charge in [0.05, 0.1) is 6.10 Å². The Morgan fingerprint density at radius 2 is 2.00 bits per heavy atom. The van der Waals surface area contributed by atoms with Gasteiger partial charge in [-0.15, -0.1) is 11.8 Å². The number of thioether (sulfide) groups is 1. The molecule has 1 unspecified atom stereocenters. The molecule has 0 bridgehead atoms. The van der Waals surface area contributed by atoms with Gasteiger partial charge in [0, 0.05) is 38.4 Å². The van der Waals surface area contributed by atoms with E-state index in [0.717, 1.165) is 19.4 Å². The quantitative estimate of drug-likeness (QED) is 0.756. The Balaban J connectivity index is 1.88. The molecule has 0 amide bonds. The Hall–Kier alpha value is -0.360. The number of rotatable bonds is 5. The van der Waals surface area contributed by atoms with Crippen LogP contribution < -0.4 is 0 Å². The van der Waals surface area contributed by atoms with Crippen molar-refractivity contribution in [3.63, 3.8) is 0 Å². The SMILES string of the molecule is OC(CSc1ccccc1Br)Cc1cncc(Br)c1. The van der Waals surface area contributed by atoms with Gasteiger partial charge in [0.1, 0.15) is 0 Å².